The van der Waals surface area contributed by atoms with Gasteiger partial charge in [-0.2, -0.15) is 0 Å². The number of likely N-dealkylation sites (tertiary alicyclic amines) is 1. The Morgan fingerprint density at radius 1 is 1.62 bits per heavy atom. The van der Waals surface area contributed by atoms with E-state index in [4.69, 9.17) is 16.1 Å². The van der Waals surface area contributed by atoms with Gasteiger partial charge < -0.3 is 9.42 Å². The SMILES string of the molecule is Cc1noc(Cl)c1CC(=O)N1CCC[C@H](c2nccs2)C1. The average Bonchev–Trinajstić information content (AvgIpc) is 3.13. The molecule has 1 aliphatic rings. The van der Waals surface area contributed by atoms with Gasteiger partial charge >= 0.3 is 0 Å². The molecule has 7 heteroatoms. The standard InChI is InChI=1S/C14H16ClN3O2S/c1-9-11(13(15)20-17-9)7-12(19)18-5-2-3-10(8-18)14-16-4-6-21-14/h4,6,10H,2-3,5,7-8H2,1H3/t10-/m0/s1. The molecule has 5 nitrogen and oxygen atoms in total. The molecule has 1 amide bonds. The lowest BCUT2D eigenvalue weighted by Crippen LogP contribution is -2.40. The summed E-state index contributed by atoms with van der Waals surface area (Å²) < 4.78 is 4.90. The van der Waals surface area contributed by atoms with Crippen molar-refractivity contribution in [3.8, 4) is 0 Å². The molecule has 0 saturated carbocycles. The summed E-state index contributed by atoms with van der Waals surface area (Å²) in [4.78, 5) is 18.7. The molecule has 1 atom stereocenters. The molecule has 112 valence electrons. The quantitative estimate of drug-likeness (QED) is 0.870. The van der Waals surface area contributed by atoms with Gasteiger partial charge in [0.05, 0.1) is 17.1 Å². The third-order valence-corrected chi connectivity index (χ3v) is 5.07. The van der Waals surface area contributed by atoms with Gasteiger partial charge in [0, 0.05) is 36.1 Å². The summed E-state index contributed by atoms with van der Waals surface area (Å²) in [7, 11) is 0. The maximum Gasteiger partial charge on any atom is 0.229 e. The number of hydrogen-bond donors (Lipinski definition) is 0. The van der Waals surface area contributed by atoms with Crippen LogP contribution in [0.15, 0.2) is 16.1 Å². The van der Waals surface area contributed by atoms with Crippen LogP contribution in [-0.4, -0.2) is 34.0 Å². The number of thiazole rings is 1. The van der Waals surface area contributed by atoms with Gasteiger partial charge in [-0.15, -0.1) is 11.3 Å². The third-order valence-electron chi connectivity index (χ3n) is 3.84. The zero-order valence-electron chi connectivity index (χ0n) is 11.7. The second-order valence-corrected chi connectivity index (χ2v) is 6.52. The van der Waals surface area contributed by atoms with Crippen LogP contribution in [0.25, 0.3) is 0 Å². The topological polar surface area (TPSA) is 59.2 Å². The molecular weight excluding hydrogens is 310 g/mol. The van der Waals surface area contributed by atoms with Crippen LogP contribution in [0.2, 0.25) is 5.22 Å². The minimum atomic E-state index is 0.0736. The minimum Gasteiger partial charge on any atom is -0.344 e. The van der Waals surface area contributed by atoms with Gasteiger partial charge in [-0.25, -0.2) is 4.98 Å². The summed E-state index contributed by atoms with van der Waals surface area (Å²) in [6.45, 7) is 3.32. The number of aromatic nitrogens is 2. The van der Waals surface area contributed by atoms with E-state index in [0.717, 1.165) is 30.9 Å². The first-order valence-corrected chi connectivity index (χ1v) is 8.18. The van der Waals surface area contributed by atoms with Gasteiger partial charge in [0.25, 0.3) is 0 Å². The average molecular weight is 326 g/mol. The Morgan fingerprint density at radius 2 is 2.48 bits per heavy atom. The largest absolute Gasteiger partial charge is 0.344 e. The molecule has 0 spiro atoms. The van der Waals surface area contributed by atoms with Crippen LogP contribution in [0, 0.1) is 6.92 Å². The van der Waals surface area contributed by atoms with Crippen molar-refractivity contribution >= 4 is 28.8 Å². The molecule has 1 saturated heterocycles. The summed E-state index contributed by atoms with van der Waals surface area (Å²) >= 11 is 7.59. The van der Waals surface area contributed by atoms with E-state index in [9.17, 15) is 4.79 Å². The molecule has 0 bridgehead atoms. The predicted octanol–water partition coefficient (Wildman–Crippen LogP) is 3.04. The molecule has 21 heavy (non-hydrogen) atoms. The number of nitrogens with zero attached hydrogens (tertiary/aromatic N) is 3. The lowest BCUT2D eigenvalue weighted by Gasteiger charge is -2.31. The molecule has 3 heterocycles. The normalized spacial score (nSPS) is 19.0. The number of carbonyl (C=O) groups is 1. The molecule has 1 aliphatic heterocycles. The van der Waals surface area contributed by atoms with E-state index in [1.807, 2.05) is 16.5 Å². The molecule has 0 radical (unpaired) electrons. The van der Waals surface area contributed by atoms with Crippen LogP contribution in [0.3, 0.4) is 0 Å². The van der Waals surface area contributed by atoms with Gasteiger partial charge in [-0.05, 0) is 31.4 Å². The zero-order chi connectivity index (χ0) is 14.8. The van der Waals surface area contributed by atoms with Crippen LogP contribution >= 0.6 is 22.9 Å². The molecule has 0 N–H and O–H groups in total. The fourth-order valence-corrected chi connectivity index (χ4v) is 3.67. The van der Waals surface area contributed by atoms with Crippen molar-refractivity contribution in [3.05, 3.63) is 33.1 Å². The summed E-state index contributed by atoms with van der Waals surface area (Å²) in [5, 5.41) is 7.10. The zero-order valence-corrected chi connectivity index (χ0v) is 13.3. The van der Waals surface area contributed by atoms with Crippen molar-refractivity contribution in [1.29, 1.82) is 0 Å². The fraction of sp³-hybridized carbons (Fsp3) is 0.500. The van der Waals surface area contributed by atoms with E-state index in [1.165, 1.54) is 0 Å². The van der Waals surface area contributed by atoms with E-state index in [1.54, 1.807) is 18.3 Å². The van der Waals surface area contributed by atoms with Crippen molar-refractivity contribution in [2.45, 2.75) is 32.1 Å². The lowest BCUT2D eigenvalue weighted by atomic mass is 9.98. The second kappa shape index (κ2) is 6.15. The molecule has 2 aromatic heterocycles. The van der Waals surface area contributed by atoms with Gasteiger partial charge in [0.2, 0.25) is 11.1 Å². The Balaban J connectivity index is 1.67. The van der Waals surface area contributed by atoms with Gasteiger partial charge in [-0.3, -0.25) is 4.79 Å². The first kappa shape index (κ1) is 14.5. The summed E-state index contributed by atoms with van der Waals surface area (Å²) in [5.41, 5.74) is 1.37. The molecule has 0 aromatic carbocycles. The number of amides is 1. The van der Waals surface area contributed by atoms with E-state index in [-0.39, 0.29) is 17.5 Å². The fourth-order valence-electron chi connectivity index (χ4n) is 2.66. The summed E-state index contributed by atoms with van der Waals surface area (Å²) in [5.74, 6) is 0.422. The lowest BCUT2D eigenvalue weighted by molar-refractivity contribution is -0.131. The van der Waals surface area contributed by atoms with Gasteiger partial charge in [0.1, 0.15) is 0 Å². The van der Waals surface area contributed by atoms with Crippen molar-refractivity contribution in [2.75, 3.05) is 13.1 Å². The van der Waals surface area contributed by atoms with E-state index in [2.05, 4.69) is 10.1 Å². The number of aryl methyl sites for hydroxylation is 1. The Labute approximate surface area is 131 Å². The van der Waals surface area contributed by atoms with Crippen molar-refractivity contribution in [1.82, 2.24) is 15.0 Å². The monoisotopic (exact) mass is 325 g/mol. The first-order chi connectivity index (χ1) is 10.1. The maximum atomic E-state index is 12.5. The third kappa shape index (κ3) is 3.11. The number of carbonyl (C=O) groups excluding carboxylic acids is 1. The van der Waals surface area contributed by atoms with Crippen LogP contribution in [0.1, 0.15) is 35.0 Å². The number of hydrogen-bond acceptors (Lipinski definition) is 5. The molecule has 0 aliphatic carbocycles. The highest BCUT2D eigenvalue weighted by molar-refractivity contribution is 7.09. The van der Waals surface area contributed by atoms with Gasteiger partial charge in [-0.1, -0.05) is 5.16 Å². The van der Waals surface area contributed by atoms with Crippen molar-refractivity contribution < 1.29 is 9.32 Å². The highest BCUT2D eigenvalue weighted by atomic mass is 35.5. The number of halogens is 1. The van der Waals surface area contributed by atoms with Crippen LogP contribution in [0.4, 0.5) is 0 Å². The highest BCUT2D eigenvalue weighted by Crippen LogP contribution is 2.29. The van der Waals surface area contributed by atoms with E-state index in [0.29, 0.717) is 17.2 Å². The number of rotatable bonds is 3. The predicted molar refractivity (Wildman–Crippen MR) is 80.6 cm³/mol. The van der Waals surface area contributed by atoms with Crippen molar-refractivity contribution in [3.63, 3.8) is 0 Å². The van der Waals surface area contributed by atoms with E-state index < -0.39 is 0 Å². The second-order valence-electron chi connectivity index (χ2n) is 5.25. The first-order valence-electron chi connectivity index (χ1n) is 6.93. The Morgan fingerprint density at radius 3 is 3.14 bits per heavy atom. The molecule has 3 rings (SSSR count). The van der Waals surface area contributed by atoms with Crippen molar-refractivity contribution in [2.24, 2.45) is 0 Å². The van der Waals surface area contributed by atoms with Crippen LogP contribution in [-0.2, 0) is 11.2 Å². The highest BCUT2D eigenvalue weighted by Gasteiger charge is 2.27. The van der Waals surface area contributed by atoms with Crippen LogP contribution < -0.4 is 0 Å². The molecular formula is C14H16ClN3O2S. The molecule has 1 fully saturated rings. The Kier molecular flexibility index (Phi) is 4.26. The molecule has 0 unspecified atom stereocenters. The van der Waals surface area contributed by atoms with E-state index >= 15 is 0 Å². The summed E-state index contributed by atoms with van der Waals surface area (Å²) in [6, 6.07) is 0. The van der Waals surface area contributed by atoms with Gasteiger partial charge in [0.15, 0.2) is 0 Å². The Bertz CT molecular complexity index is 607. The van der Waals surface area contributed by atoms with Crippen LogP contribution in [0.5, 0.6) is 0 Å². The molecule has 2 aromatic rings. The number of piperidine rings is 1. The maximum absolute atomic E-state index is 12.5. The smallest absolute Gasteiger partial charge is 0.229 e. The minimum absolute atomic E-state index is 0.0736. The Hall–Kier alpha value is -1.40. The summed E-state index contributed by atoms with van der Waals surface area (Å²) in [6.07, 6.45) is 4.16.